The van der Waals surface area contributed by atoms with Gasteiger partial charge in [0, 0.05) is 45.2 Å². The quantitative estimate of drug-likeness (QED) is 0.0512. The molecule has 0 heterocycles. The fourth-order valence-corrected chi connectivity index (χ4v) is 3.60. The molecule has 42 heavy (non-hydrogen) atoms. The van der Waals surface area contributed by atoms with Gasteiger partial charge < -0.3 is 34.6 Å². The predicted octanol–water partition coefficient (Wildman–Crippen LogP) is 2.09. The third-order valence-corrected chi connectivity index (χ3v) is 5.99. The first-order chi connectivity index (χ1) is 20.5. The molecule has 2 amide bonds. The molecule has 0 saturated carbocycles. The van der Waals surface area contributed by atoms with Crippen LogP contribution >= 0.6 is 0 Å². The highest BCUT2D eigenvalue weighted by Gasteiger charge is 2.05. The van der Waals surface area contributed by atoms with Crippen molar-refractivity contribution in [1.82, 2.24) is 16.3 Å². The highest BCUT2D eigenvalue weighted by Crippen LogP contribution is 2.06. The number of amides is 2. The Morgan fingerprint density at radius 3 is 1.60 bits per heavy atom. The molecule has 244 valence electrons. The largest absolute Gasteiger partial charge is 0.379 e. The lowest BCUT2D eigenvalue weighted by Crippen LogP contribution is -2.26. The van der Waals surface area contributed by atoms with Gasteiger partial charge in [0.2, 0.25) is 11.8 Å². The minimum Gasteiger partial charge on any atom is -0.379 e. The number of hydrogen-bond donors (Lipinski definition) is 4. The van der Waals surface area contributed by atoms with Crippen LogP contribution in [0.1, 0.15) is 103 Å². The van der Waals surface area contributed by atoms with Crippen molar-refractivity contribution in [1.29, 1.82) is 0 Å². The molecule has 0 aromatic carbocycles. The number of carbonyl (C=O) groups is 5. The van der Waals surface area contributed by atoms with Crippen LogP contribution in [0.4, 0.5) is 0 Å². The van der Waals surface area contributed by atoms with Crippen molar-refractivity contribution in [2.45, 2.75) is 103 Å². The van der Waals surface area contributed by atoms with Crippen molar-refractivity contribution in [3.05, 3.63) is 0 Å². The second-order valence-corrected chi connectivity index (χ2v) is 9.66. The van der Waals surface area contributed by atoms with Crippen molar-refractivity contribution in [2.24, 2.45) is 5.90 Å². The van der Waals surface area contributed by atoms with Gasteiger partial charge in [-0.3, -0.25) is 24.0 Å². The Morgan fingerprint density at radius 1 is 0.571 bits per heavy atom. The van der Waals surface area contributed by atoms with E-state index in [1.165, 1.54) is 0 Å². The molecule has 5 N–H and O–H groups in total. The van der Waals surface area contributed by atoms with E-state index in [-0.39, 0.29) is 31.3 Å². The number of aldehydes is 1. The topological polar surface area (TPSA) is 194 Å². The number of rotatable bonds is 31. The Balaban J connectivity index is 3.34. The van der Waals surface area contributed by atoms with E-state index in [2.05, 4.69) is 21.1 Å². The van der Waals surface area contributed by atoms with Crippen LogP contribution in [0.15, 0.2) is 0 Å². The molecule has 0 aromatic rings. The molecule has 0 aliphatic carbocycles. The molecule has 14 heteroatoms. The molecule has 0 saturated heterocycles. The van der Waals surface area contributed by atoms with Gasteiger partial charge in [-0.05, 0) is 37.7 Å². The van der Waals surface area contributed by atoms with Gasteiger partial charge in [0.1, 0.15) is 6.29 Å². The smallest absolute Gasteiger partial charge is 0.327 e. The Kier molecular flexibility index (Phi) is 29.3. The molecule has 0 aliphatic heterocycles. The maximum Gasteiger partial charge on any atom is 0.327 e. The Hall–Kier alpha value is -2.65. The van der Waals surface area contributed by atoms with E-state index in [4.69, 9.17) is 25.0 Å². The monoisotopic (exact) mass is 604 g/mol. The van der Waals surface area contributed by atoms with E-state index in [1.54, 1.807) is 0 Å². The van der Waals surface area contributed by atoms with Crippen molar-refractivity contribution >= 4 is 30.0 Å². The highest BCUT2D eigenvalue weighted by atomic mass is 16.9. The fraction of sp³-hybridized carbons (Fsp3) is 0.821. The summed E-state index contributed by atoms with van der Waals surface area (Å²) in [5.41, 5.74) is 2.13. The number of unbranched alkanes of at least 4 members (excludes halogenated alkanes) is 9. The molecule has 0 rings (SSSR count). The second kappa shape index (κ2) is 31.3. The minimum atomic E-state index is -0.392. The van der Waals surface area contributed by atoms with Crippen LogP contribution in [0, 0.1) is 0 Å². The number of nitrogens with one attached hydrogen (secondary N) is 3. The summed E-state index contributed by atoms with van der Waals surface area (Å²) in [5, 5.41) is 5.72. The van der Waals surface area contributed by atoms with Crippen molar-refractivity contribution in [2.75, 3.05) is 46.1 Å². The second-order valence-electron chi connectivity index (χ2n) is 9.66. The van der Waals surface area contributed by atoms with E-state index in [0.717, 1.165) is 64.1 Å². The zero-order valence-corrected chi connectivity index (χ0v) is 25.0. The maximum absolute atomic E-state index is 11.9. The van der Waals surface area contributed by atoms with Crippen molar-refractivity contribution in [3.63, 3.8) is 0 Å². The molecule has 0 spiro atoms. The lowest BCUT2D eigenvalue weighted by Gasteiger charge is -2.08. The minimum absolute atomic E-state index is 0.0540. The van der Waals surface area contributed by atoms with Crippen molar-refractivity contribution in [3.8, 4) is 0 Å². The summed E-state index contributed by atoms with van der Waals surface area (Å²) in [6, 6.07) is 0. The highest BCUT2D eigenvalue weighted by molar-refractivity contribution is 5.76. The Labute approximate surface area is 249 Å². The van der Waals surface area contributed by atoms with Gasteiger partial charge in [0.15, 0.2) is 0 Å². The van der Waals surface area contributed by atoms with Crippen LogP contribution in [0.3, 0.4) is 0 Å². The lowest BCUT2D eigenvalue weighted by molar-refractivity contribution is -0.192. The summed E-state index contributed by atoms with van der Waals surface area (Å²) in [5.74, 6) is 3.88. The number of ether oxygens (including phenoxy) is 2. The van der Waals surface area contributed by atoms with E-state index < -0.39 is 11.9 Å². The predicted molar refractivity (Wildman–Crippen MR) is 153 cm³/mol. The van der Waals surface area contributed by atoms with Gasteiger partial charge in [-0.1, -0.05) is 38.5 Å². The molecule has 0 aliphatic rings. The van der Waals surface area contributed by atoms with Gasteiger partial charge in [0.25, 0.3) is 0 Å². The SMILES string of the molecule is NOC(=O)CCCCCCCNC(=O)CCOCCOCCC(=O)NCCCCCCCC(=O)ONOCCCC=O. The summed E-state index contributed by atoms with van der Waals surface area (Å²) in [6.45, 7) is 2.85. The van der Waals surface area contributed by atoms with Crippen molar-refractivity contribution < 1.29 is 48.0 Å². The van der Waals surface area contributed by atoms with Gasteiger partial charge in [-0.15, -0.1) is 0 Å². The normalized spacial score (nSPS) is 10.7. The molecule has 14 nitrogen and oxygen atoms in total. The maximum atomic E-state index is 11.9. The number of nitrogens with two attached hydrogens (primary N) is 1. The van der Waals surface area contributed by atoms with E-state index in [0.29, 0.717) is 71.6 Å². The number of carbonyl (C=O) groups excluding carboxylic acids is 5. The first-order valence-electron chi connectivity index (χ1n) is 15.1. The molecule has 0 aromatic heterocycles. The Bertz CT molecular complexity index is 712. The third-order valence-electron chi connectivity index (χ3n) is 5.99. The Morgan fingerprint density at radius 2 is 1.07 bits per heavy atom. The summed E-state index contributed by atoms with van der Waals surface area (Å²) < 4.78 is 10.8. The van der Waals surface area contributed by atoms with E-state index in [9.17, 15) is 24.0 Å². The van der Waals surface area contributed by atoms with Gasteiger partial charge in [-0.2, -0.15) is 5.90 Å². The molecular weight excluding hydrogens is 552 g/mol. The molecule has 0 unspecified atom stereocenters. The molecule has 0 fully saturated rings. The van der Waals surface area contributed by atoms with Crippen LogP contribution in [-0.2, 0) is 48.0 Å². The average Bonchev–Trinajstić information content (AvgIpc) is 2.98. The molecule has 0 radical (unpaired) electrons. The average molecular weight is 605 g/mol. The number of hydrogen-bond acceptors (Lipinski definition) is 12. The zero-order chi connectivity index (χ0) is 30.9. The lowest BCUT2D eigenvalue weighted by atomic mass is 10.1. The van der Waals surface area contributed by atoms with Crippen LogP contribution < -0.4 is 22.2 Å². The van der Waals surface area contributed by atoms with Gasteiger partial charge in [-0.25, -0.2) is 0 Å². The fourth-order valence-electron chi connectivity index (χ4n) is 3.60. The van der Waals surface area contributed by atoms with Gasteiger partial charge in [0.05, 0.1) is 33.0 Å². The van der Waals surface area contributed by atoms with E-state index >= 15 is 0 Å². The third kappa shape index (κ3) is 30.3. The molecule has 0 atom stereocenters. The molecular formula is C28H52N4O10. The summed E-state index contributed by atoms with van der Waals surface area (Å²) in [7, 11) is 0. The van der Waals surface area contributed by atoms with Crippen LogP contribution in [0.5, 0.6) is 0 Å². The van der Waals surface area contributed by atoms with Crippen LogP contribution in [-0.4, -0.2) is 76.2 Å². The first kappa shape index (κ1) is 39.4. The van der Waals surface area contributed by atoms with E-state index in [1.807, 2.05) is 0 Å². The molecule has 0 bridgehead atoms. The standard InChI is InChI=1S/C28H52N4O10/c29-41-27(36)13-7-3-1-5-9-17-30-25(34)15-21-38-23-24-39-22-16-26(35)31-18-10-6-2-4-8-14-28(37)42-32-40-20-12-11-19-33/h19,32H,1-18,20-24,29H2,(H,30,34)(H,31,35). The zero-order valence-electron chi connectivity index (χ0n) is 25.0. The summed E-state index contributed by atoms with van der Waals surface area (Å²) >= 11 is 0. The van der Waals surface area contributed by atoms with Gasteiger partial charge >= 0.3 is 11.9 Å². The first-order valence-corrected chi connectivity index (χ1v) is 15.1. The summed E-state index contributed by atoms with van der Waals surface area (Å²) in [4.78, 5) is 69.9. The summed E-state index contributed by atoms with van der Waals surface area (Å²) in [6.07, 6.45) is 11.9. The van der Waals surface area contributed by atoms with Crippen LogP contribution in [0.2, 0.25) is 0 Å². The van der Waals surface area contributed by atoms with Crippen LogP contribution in [0.25, 0.3) is 0 Å².